The highest BCUT2D eigenvalue weighted by atomic mass is 32.1. The highest BCUT2D eigenvalue weighted by Crippen LogP contribution is 2.33. The highest BCUT2D eigenvalue weighted by molar-refractivity contribution is 7.18. The molecule has 30 heavy (non-hydrogen) atoms. The van der Waals surface area contributed by atoms with Crippen molar-refractivity contribution in [1.29, 1.82) is 0 Å². The number of halogens is 3. The number of hydrogen-bond donors (Lipinski definition) is 1. The standard InChI is InChI=1S/C21H20F3N3O2S/c22-21(23,24)15-6-7-17-16(12-15)26-19(30-17)8-9-20(29)27(11-10-18(25)28)13-14-4-2-1-3-5-14/h1-7,12H,8-11,13H2,(H2,25,28). The molecule has 0 bridgehead atoms. The van der Waals surface area contributed by atoms with Gasteiger partial charge < -0.3 is 10.6 Å². The minimum absolute atomic E-state index is 0.0555. The Morgan fingerprint density at radius 2 is 1.80 bits per heavy atom. The molecule has 0 aliphatic heterocycles. The average molecular weight is 435 g/mol. The quantitative estimate of drug-likeness (QED) is 0.578. The van der Waals surface area contributed by atoms with Gasteiger partial charge in [0.2, 0.25) is 11.8 Å². The average Bonchev–Trinajstić information content (AvgIpc) is 3.11. The smallest absolute Gasteiger partial charge is 0.370 e. The first-order chi connectivity index (χ1) is 14.2. The topological polar surface area (TPSA) is 76.3 Å². The summed E-state index contributed by atoms with van der Waals surface area (Å²) in [5.74, 6) is -0.664. The summed E-state index contributed by atoms with van der Waals surface area (Å²) >= 11 is 1.27. The van der Waals surface area contributed by atoms with Crippen LogP contribution in [0.3, 0.4) is 0 Å². The second-order valence-electron chi connectivity index (χ2n) is 6.81. The molecule has 0 aliphatic carbocycles. The number of hydrogen-bond acceptors (Lipinski definition) is 4. The van der Waals surface area contributed by atoms with E-state index in [1.807, 2.05) is 30.3 Å². The molecule has 9 heteroatoms. The van der Waals surface area contributed by atoms with Crippen molar-refractivity contribution in [3.05, 3.63) is 64.7 Å². The zero-order valence-corrected chi connectivity index (χ0v) is 16.8. The van der Waals surface area contributed by atoms with E-state index < -0.39 is 17.6 Å². The van der Waals surface area contributed by atoms with E-state index in [2.05, 4.69) is 4.98 Å². The van der Waals surface area contributed by atoms with E-state index in [1.54, 1.807) is 4.90 Å². The summed E-state index contributed by atoms with van der Waals surface area (Å²) < 4.78 is 39.2. The summed E-state index contributed by atoms with van der Waals surface area (Å²) in [6, 6.07) is 12.8. The number of carbonyl (C=O) groups is 2. The number of benzene rings is 2. The fourth-order valence-electron chi connectivity index (χ4n) is 2.97. The summed E-state index contributed by atoms with van der Waals surface area (Å²) in [7, 11) is 0. The van der Waals surface area contributed by atoms with E-state index in [4.69, 9.17) is 5.73 Å². The number of primary amides is 1. The predicted octanol–water partition coefficient (Wildman–Crippen LogP) is 4.15. The van der Waals surface area contributed by atoms with Gasteiger partial charge in [-0.3, -0.25) is 9.59 Å². The SMILES string of the molecule is NC(=O)CCN(Cc1ccccc1)C(=O)CCc1nc2cc(C(F)(F)F)ccc2s1. The lowest BCUT2D eigenvalue weighted by Crippen LogP contribution is -2.33. The molecular weight excluding hydrogens is 415 g/mol. The van der Waals surface area contributed by atoms with Crippen molar-refractivity contribution in [3.8, 4) is 0 Å². The maximum atomic E-state index is 12.9. The molecule has 0 saturated heterocycles. The van der Waals surface area contributed by atoms with Crippen LogP contribution in [0.15, 0.2) is 48.5 Å². The summed E-state index contributed by atoms with van der Waals surface area (Å²) in [5, 5.41) is 0.590. The van der Waals surface area contributed by atoms with Crippen LogP contribution in [0.4, 0.5) is 13.2 Å². The Bertz CT molecular complexity index is 1030. The minimum Gasteiger partial charge on any atom is -0.370 e. The first-order valence-corrected chi connectivity index (χ1v) is 10.1. The van der Waals surface area contributed by atoms with E-state index in [-0.39, 0.29) is 30.8 Å². The van der Waals surface area contributed by atoms with Crippen LogP contribution in [0.25, 0.3) is 10.2 Å². The lowest BCUT2D eigenvalue weighted by atomic mass is 10.2. The highest BCUT2D eigenvalue weighted by Gasteiger charge is 2.30. The Hall–Kier alpha value is -2.94. The molecule has 1 heterocycles. The molecule has 1 aromatic heterocycles. The molecule has 0 saturated carbocycles. The maximum Gasteiger partial charge on any atom is 0.416 e. The molecule has 0 unspecified atom stereocenters. The van der Waals surface area contributed by atoms with Gasteiger partial charge in [-0.1, -0.05) is 30.3 Å². The molecule has 0 fully saturated rings. The van der Waals surface area contributed by atoms with E-state index >= 15 is 0 Å². The number of fused-ring (bicyclic) bond motifs is 1. The Morgan fingerprint density at radius 3 is 2.47 bits per heavy atom. The molecule has 2 amide bonds. The van der Waals surface area contributed by atoms with Gasteiger partial charge in [-0.05, 0) is 23.8 Å². The van der Waals surface area contributed by atoms with E-state index in [0.29, 0.717) is 22.7 Å². The number of carbonyl (C=O) groups excluding carboxylic acids is 2. The van der Waals surface area contributed by atoms with Gasteiger partial charge in [-0.15, -0.1) is 11.3 Å². The zero-order chi connectivity index (χ0) is 21.7. The molecule has 0 atom stereocenters. The van der Waals surface area contributed by atoms with Gasteiger partial charge in [-0.25, -0.2) is 4.98 Å². The van der Waals surface area contributed by atoms with Crippen LogP contribution in [0.5, 0.6) is 0 Å². The van der Waals surface area contributed by atoms with Gasteiger partial charge in [0.1, 0.15) is 0 Å². The largest absolute Gasteiger partial charge is 0.416 e. The van der Waals surface area contributed by atoms with Crippen LogP contribution in [-0.2, 0) is 28.7 Å². The van der Waals surface area contributed by atoms with Crippen LogP contribution in [-0.4, -0.2) is 28.2 Å². The third-order valence-electron chi connectivity index (χ3n) is 4.51. The van der Waals surface area contributed by atoms with Crippen molar-refractivity contribution < 1.29 is 22.8 Å². The maximum absolute atomic E-state index is 12.9. The number of rotatable bonds is 8. The van der Waals surface area contributed by atoms with Crippen molar-refractivity contribution in [1.82, 2.24) is 9.88 Å². The molecule has 0 aliphatic rings. The molecule has 3 rings (SSSR count). The molecule has 3 aromatic rings. The third-order valence-corrected chi connectivity index (χ3v) is 5.61. The first-order valence-electron chi connectivity index (χ1n) is 9.29. The van der Waals surface area contributed by atoms with Gasteiger partial charge in [0, 0.05) is 32.4 Å². The molecule has 2 N–H and O–H groups in total. The lowest BCUT2D eigenvalue weighted by Gasteiger charge is -2.22. The van der Waals surface area contributed by atoms with Gasteiger partial charge >= 0.3 is 6.18 Å². The Balaban J connectivity index is 1.68. The molecule has 0 radical (unpaired) electrons. The number of amides is 2. The van der Waals surface area contributed by atoms with Gasteiger partial charge in [0.25, 0.3) is 0 Å². The van der Waals surface area contributed by atoms with Gasteiger partial charge in [0.15, 0.2) is 0 Å². The molecule has 158 valence electrons. The number of nitrogens with zero attached hydrogens (tertiary/aromatic N) is 2. The summed E-state index contributed by atoms with van der Waals surface area (Å²) in [6.07, 6.45) is -3.93. The van der Waals surface area contributed by atoms with Crippen LogP contribution in [0.1, 0.15) is 29.0 Å². The van der Waals surface area contributed by atoms with Crippen molar-refractivity contribution >= 4 is 33.4 Å². The van der Waals surface area contributed by atoms with Gasteiger partial charge in [-0.2, -0.15) is 13.2 Å². The number of nitrogens with two attached hydrogens (primary N) is 1. The van der Waals surface area contributed by atoms with Gasteiger partial charge in [0.05, 0.1) is 20.8 Å². The second kappa shape index (κ2) is 9.25. The molecule has 0 spiro atoms. The summed E-state index contributed by atoms with van der Waals surface area (Å²) in [4.78, 5) is 29.7. The Morgan fingerprint density at radius 1 is 1.07 bits per heavy atom. The monoisotopic (exact) mass is 435 g/mol. The van der Waals surface area contributed by atoms with E-state index in [1.165, 1.54) is 17.4 Å². The van der Waals surface area contributed by atoms with Crippen molar-refractivity contribution in [3.63, 3.8) is 0 Å². The van der Waals surface area contributed by atoms with Crippen LogP contribution in [0, 0.1) is 0 Å². The number of aromatic nitrogens is 1. The van der Waals surface area contributed by atoms with E-state index in [9.17, 15) is 22.8 Å². The molecular formula is C21H20F3N3O2S. The predicted molar refractivity (Wildman–Crippen MR) is 109 cm³/mol. The summed E-state index contributed by atoms with van der Waals surface area (Å²) in [6.45, 7) is 0.555. The fraction of sp³-hybridized carbons (Fsp3) is 0.286. The van der Waals surface area contributed by atoms with Crippen LogP contribution >= 0.6 is 11.3 Å². The number of alkyl halides is 3. The fourth-order valence-corrected chi connectivity index (χ4v) is 3.92. The Labute approximate surface area is 175 Å². The third kappa shape index (κ3) is 5.79. The normalized spacial score (nSPS) is 11.6. The Kier molecular flexibility index (Phi) is 6.71. The van der Waals surface area contributed by atoms with Crippen molar-refractivity contribution in [2.75, 3.05) is 6.54 Å². The molecule has 2 aromatic carbocycles. The summed E-state index contributed by atoms with van der Waals surface area (Å²) in [5.41, 5.74) is 5.67. The number of thiazole rings is 1. The van der Waals surface area contributed by atoms with E-state index in [0.717, 1.165) is 17.7 Å². The lowest BCUT2D eigenvalue weighted by molar-refractivity contribution is -0.137. The van der Waals surface area contributed by atoms with Crippen LogP contribution in [0.2, 0.25) is 0 Å². The van der Waals surface area contributed by atoms with Crippen molar-refractivity contribution in [2.45, 2.75) is 32.0 Å². The number of aryl methyl sites for hydroxylation is 1. The minimum atomic E-state index is -4.42. The second-order valence-corrected chi connectivity index (χ2v) is 7.92. The zero-order valence-electron chi connectivity index (χ0n) is 16.0. The van der Waals surface area contributed by atoms with Crippen molar-refractivity contribution in [2.24, 2.45) is 5.73 Å². The van der Waals surface area contributed by atoms with Crippen LogP contribution < -0.4 is 5.73 Å². The molecule has 5 nitrogen and oxygen atoms in total. The first kappa shape index (κ1) is 21.8.